The Morgan fingerprint density at radius 2 is 2.14 bits per heavy atom. The standard InChI is InChI=1S/C14H18N2O4S/c1-20-13(17)12-9-14(12)4-7-16(8-5-14)21(18,19)11-3-2-6-15-10-11/h2-3,6,10,12H,4-5,7-9H2,1H3. The van der Waals surface area contributed by atoms with E-state index in [0.29, 0.717) is 25.9 Å². The summed E-state index contributed by atoms with van der Waals surface area (Å²) in [5, 5.41) is 0. The second-order valence-electron chi connectivity index (χ2n) is 5.74. The number of hydrogen-bond acceptors (Lipinski definition) is 5. The van der Waals surface area contributed by atoms with Gasteiger partial charge in [-0.25, -0.2) is 8.42 Å². The smallest absolute Gasteiger partial charge is 0.309 e. The van der Waals surface area contributed by atoms with Crippen molar-refractivity contribution in [2.75, 3.05) is 20.2 Å². The van der Waals surface area contributed by atoms with Gasteiger partial charge in [-0.15, -0.1) is 0 Å². The number of aromatic nitrogens is 1. The molecule has 1 atom stereocenters. The second kappa shape index (κ2) is 5.06. The van der Waals surface area contributed by atoms with Crippen molar-refractivity contribution in [2.24, 2.45) is 11.3 Å². The van der Waals surface area contributed by atoms with Crippen LogP contribution in [0.4, 0.5) is 0 Å². The van der Waals surface area contributed by atoms with Crippen LogP contribution in [0.2, 0.25) is 0 Å². The number of nitrogens with zero attached hydrogens (tertiary/aromatic N) is 2. The number of carbonyl (C=O) groups is 1. The summed E-state index contributed by atoms with van der Waals surface area (Å²) in [4.78, 5) is 15.7. The van der Waals surface area contributed by atoms with Gasteiger partial charge in [0.2, 0.25) is 10.0 Å². The molecule has 7 heteroatoms. The summed E-state index contributed by atoms with van der Waals surface area (Å²) in [6.45, 7) is 0.898. The molecular weight excluding hydrogens is 292 g/mol. The summed E-state index contributed by atoms with van der Waals surface area (Å²) in [6.07, 6.45) is 5.17. The molecule has 1 aliphatic carbocycles. The molecule has 1 aromatic heterocycles. The Morgan fingerprint density at radius 1 is 1.43 bits per heavy atom. The number of rotatable bonds is 3. The number of pyridine rings is 1. The van der Waals surface area contributed by atoms with E-state index >= 15 is 0 Å². The van der Waals surface area contributed by atoms with Gasteiger partial charge in [0, 0.05) is 25.5 Å². The summed E-state index contributed by atoms with van der Waals surface area (Å²) in [6, 6.07) is 3.17. The van der Waals surface area contributed by atoms with Gasteiger partial charge in [-0.2, -0.15) is 4.31 Å². The molecule has 21 heavy (non-hydrogen) atoms. The lowest BCUT2D eigenvalue weighted by atomic mass is 9.92. The number of piperidine rings is 1. The van der Waals surface area contributed by atoms with Gasteiger partial charge < -0.3 is 4.74 Å². The zero-order valence-corrected chi connectivity index (χ0v) is 12.7. The van der Waals surface area contributed by atoms with Gasteiger partial charge in [-0.1, -0.05) is 0 Å². The van der Waals surface area contributed by atoms with Crippen molar-refractivity contribution < 1.29 is 17.9 Å². The van der Waals surface area contributed by atoms with Crippen molar-refractivity contribution in [3.05, 3.63) is 24.5 Å². The van der Waals surface area contributed by atoms with Gasteiger partial charge in [0.1, 0.15) is 4.90 Å². The van der Waals surface area contributed by atoms with E-state index in [4.69, 9.17) is 4.74 Å². The van der Waals surface area contributed by atoms with Crippen LogP contribution in [-0.2, 0) is 19.6 Å². The van der Waals surface area contributed by atoms with Crippen molar-refractivity contribution in [3.8, 4) is 0 Å². The minimum atomic E-state index is -3.47. The topological polar surface area (TPSA) is 76.6 Å². The summed E-state index contributed by atoms with van der Waals surface area (Å²) in [5.41, 5.74) is -0.0337. The van der Waals surface area contributed by atoms with E-state index < -0.39 is 10.0 Å². The van der Waals surface area contributed by atoms with Crippen LogP contribution in [-0.4, -0.2) is 43.9 Å². The van der Waals surface area contributed by atoms with E-state index in [1.165, 1.54) is 17.6 Å². The predicted octanol–water partition coefficient (Wildman–Crippen LogP) is 1.05. The predicted molar refractivity (Wildman–Crippen MR) is 74.8 cm³/mol. The number of carbonyl (C=O) groups excluding carboxylic acids is 1. The molecule has 2 heterocycles. The minimum absolute atomic E-state index is 0.0337. The second-order valence-corrected chi connectivity index (χ2v) is 7.67. The zero-order valence-electron chi connectivity index (χ0n) is 11.9. The molecule has 3 rings (SSSR count). The summed E-state index contributed by atoms with van der Waals surface area (Å²) >= 11 is 0. The quantitative estimate of drug-likeness (QED) is 0.780. The van der Waals surface area contributed by atoms with Gasteiger partial charge in [0.15, 0.2) is 0 Å². The normalized spacial score (nSPS) is 24.7. The molecule has 0 aromatic carbocycles. The fraction of sp³-hybridized carbons (Fsp3) is 0.571. The first kappa shape index (κ1) is 14.5. The van der Waals surface area contributed by atoms with Crippen LogP contribution in [0, 0.1) is 11.3 Å². The van der Waals surface area contributed by atoms with Crippen LogP contribution in [0.3, 0.4) is 0 Å². The van der Waals surface area contributed by atoms with Crippen molar-refractivity contribution >= 4 is 16.0 Å². The van der Waals surface area contributed by atoms with E-state index in [2.05, 4.69) is 4.98 Å². The first-order valence-electron chi connectivity index (χ1n) is 6.98. The molecule has 1 spiro atoms. The molecule has 6 nitrogen and oxygen atoms in total. The molecular formula is C14H18N2O4S. The molecule has 1 saturated carbocycles. The SMILES string of the molecule is COC(=O)C1CC12CCN(S(=O)(=O)c1cccnc1)CC2. The Hall–Kier alpha value is -1.47. The highest BCUT2D eigenvalue weighted by molar-refractivity contribution is 7.89. The van der Waals surface area contributed by atoms with Crippen molar-refractivity contribution in [3.63, 3.8) is 0 Å². The lowest BCUT2D eigenvalue weighted by Gasteiger charge is -2.31. The maximum absolute atomic E-state index is 12.5. The number of esters is 1. The molecule has 1 saturated heterocycles. The number of sulfonamides is 1. The van der Waals surface area contributed by atoms with Crippen molar-refractivity contribution in [1.82, 2.24) is 9.29 Å². The Bertz CT molecular complexity index is 636. The van der Waals surface area contributed by atoms with Crippen LogP contribution in [0.5, 0.6) is 0 Å². The van der Waals surface area contributed by atoms with E-state index in [0.717, 1.165) is 6.42 Å². The lowest BCUT2D eigenvalue weighted by molar-refractivity contribution is -0.143. The fourth-order valence-corrected chi connectivity index (χ4v) is 4.60. The van der Waals surface area contributed by atoms with E-state index in [1.807, 2.05) is 0 Å². The Kier molecular flexibility index (Phi) is 3.49. The molecule has 1 aromatic rings. The molecule has 0 bridgehead atoms. The Morgan fingerprint density at radius 3 is 2.71 bits per heavy atom. The maximum atomic E-state index is 12.5. The molecule has 0 radical (unpaired) electrons. The first-order valence-corrected chi connectivity index (χ1v) is 8.42. The first-order chi connectivity index (χ1) is 9.99. The zero-order chi connectivity index (χ0) is 15.1. The monoisotopic (exact) mass is 310 g/mol. The van der Waals surface area contributed by atoms with E-state index in [1.54, 1.807) is 18.3 Å². The number of hydrogen-bond donors (Lipinski definition) is 0. The highest BCUT2D eigenvalue weighted by Gasteiger charge is 2.59. The van der Waals surface area contributed by atoms with Gasteiger partial charge in [0.25, 0.3) is 0 Å². The maximum Gasteiger partial charge on any atom is 0.309 e. The number of ether oxygens (including phenoxy) is 1. The van der Waals surface area contributed by atoms with E-state index in [9.17, 15) is 13.2 Å². The molecule has 2 aliphatic rings. The van der Waals surface area contributed by atoms with Gasteiger partial charge in [0.05, 0.1) is 13.0 Å². The molecule has 0 N–H and O–H groups in total. The third kappa shape index (κ3) is 2.44. The molecule has 114 valence electrons. The van der Waals surface area contributed by atoms with Crippen LogP contribution < -0.4 is 0 Å². The molecule has 0 amide bonds. The lowest BCUT2D eigenvalue weighted by Crippen LogP contribution is -2.40. The summed E-state index contributed by atoms with van der Waals surface area (Å²) in [7, 11) is -2.07. The van der Waals surface area contributed by atoms with Crippen molar-refractivity contribution in [2.45, 2.75) is 24.2 Å². The van der Waals surface area contributed by atoms with Crippen LogP contribution in [0.15, 0.2) is 29.4 Å². The highest BCUT2D eigenvalue weighted by Crippen LogP contribution is 2.60. The van der Waals surface area contributed by atoms with Crippen LogP contribution >= 0.6 is 0 Å². The number of methoxy groups -OCH3 is 1. The summed E-state index contributed by atoms with van der Waals surface area (Å²) < 4.78 is 31.2. The average Bonchev–Trinajstić information content (AvgIpc) is 3.21. The largest absolute Gasteiger partial charge is 0.469 e. The Labute approximate surface area is 124 Å². The van der Waals surface area contributed by atoms with Crippen LogP contribution in [0.1, 0.15) is 19.3 Å². The highest BCUT2D eigenvalue weighted by atomic mass is 32.2. The van der Waals surface area contributed by atoms with Crippen molar-refractivity contribution in [1.29, 1.82) is 0 Å². The fourth-order valence-electron chi connectivity index (χ4n) is 3.20. The van der Waals surface area contributed by atoms with Gasteiger partial charge >= 0.3 is 5.97 Å². The molecule has 1 unspecified atom stereocenters. The Balaban J connectivity index is 1.69. The molecule has 1 aliphatic heterocycles. The van der Waals surface area contributed by atoms with Gasteiger partial charge in [-0.3, -0.25) is 9.78 Å². The molecule has 2 fully saturated rings. The summed E-state index contributed by atoms with van der Waals surface area (Å²) in [5.74, 6) is -0.218. The minimum Gasteiger partial charge on any atom is -0.469 e. The van der Waals surface area contributed by atoms with E-state index in [-0.39, 0.29) is 22.2 Å². The van der Waals surface area contributed by atoms with Gasteiger partial charge in [-0.05, 0) is 36.8 Å². The van der Waals surface area contributed by atoms with Crippen LogP contribution in [0.25, 0.3) is 0 Å². The average molecular weight is 310 g/mol. The third-order valence-corrected chi connectivity index (χ3v) is 6.55. The third-order valence-electron chi connectivity index (χ3n) is 4.67.